The molecule has 2 aromatic rings. The summed E-state index contributed by atoms with van der Waals surface area (Å²) >= 11 is 3.62. The van der Waals surface area contributed by atoms with E-state index in [1.807, 2.05) is 31.3 Å². The van der Waals surface area contributed by atoms with Crippen LogP contribution in [0, 0.1) is 0 Å². The first kappa shape index (κ1) is 21.3. The number of carbonyl (C=O) groups is 1. The minimum atomic E-state index is -0.341. The van der Waals surface area contributed by atoms with Gasteiger partial charge in [-0.1, -0.05) is 15.9 Å². The lowest BCUT2D eigenvalue weighted by molar-refractivity contribution is -0.131. The van der Waals surface area contributed by atoms with Gasteiger partial charge in [0.15, 0.2) is 23.0 Å². The molecule has 29 heavy (non-hydrogen) atoms. The molecule has 0 aliphatic carbocycles. The highest BCUT2D eigenvalue weighted by molar-refractivity contribution is 9.10. The van der Waals surface area contributed by atoms with E-state index in [0.717, 1.165) is 27.6 Å². The van der Waals surface area contributed by atoms with E-state index in [1.165, 1.54) is 0 Å². The van der Waals surface area contributed by atoms with Crippen LogP contribution < -0.4 is 18.9 Å². The molecule has 0 N–H and O–H groups in total. The van der Waals surface area contributed by atoms with Crippen LogP contribution in [0.5, 0.6) is 23.0 Å². The SMILES string of the molecule is COc1cc(Br)c(CC2C(=O)N(C)CCc3cc(OC)c(OC)cc32)cc1OC. The molecule has 1 amide bonds. The third-order valence-corrected chi connectivity index (χ3v) is 6.13. The normalized spacial score (nSPS) is 16.1. The summed E-state index contributed by atoms with van der Waals surface area (Å²) in [6, 6.07) is 7.71. The summed E-state index contributed by atoms with van der Waals surface area (Å²) in [6.45, 7) is 0.658. The van der Waals surface area contributed by atoms with Crippen molar-refractivity contribution in [1.29, 1.82) is 0 Å². The van der Waals surface area contributed by atoms with Crippen LogP contribution in [-0.4, -0.2) is 52.8 Å². The summed E-state index contributed by atoms with van der Waals surface area (Å²) in [4.78, 5) is 15.0. The molecule has 0 aromatic heterocycles. The fourth-order valence-corrected chi connectivity index (χ4v) is 4.23. The number of likely N-dealkylation sites (N-methyl/N-ethyl adjacent to an activating group) is 1. The fraction of sp³-hybridized carbons (Fsp3) is 0.409. The van der Waals surface area contributed by atoms with E-state index in [4.69, 9.17) is 18.9 Å². The van der Waals surface area contributed by atoms with Crippen LogP contribution in [0.3, 0.4) is 0 Å². The van der Waals surface area contributed by atoms with E-state index in [-0.39, 0.29) is 11.8 Å². The molecule has 0 saturated carbocycles. The predicted molar refractivity (Wildman–Crippen MR) is 115 cm³/mol. The van der Waals surface area contributed by atoms with Crippen molar-refractivity contribution in [2.75, 3.05) is 42.0 Å². The molecular weight excluding hydrogens is 438 g/mol. The summed E-state index contributed by atoms with van der Waals surface area (Å²) in [5.41, 5.74) is 3.04. The second kappa shape index (κ2) is 8.95. The fourth-order valence-electron chi connectivity index (χ4n) is 3.74. The number of rotatable bonds is 6. The van der Waals surface area contributed by atoms with Crippen LogP contribution >= 0.6 is 15.9 Å². The Labute approximate surface area is 179 Å². The Bertz CT molecular complexity index is 915. The van der Waals surface area contributed by atoms with Crippen molar-refractivity contribution in [3.05, 3.63) is 45.4 Å². The van der Waals surface area contributed by atoms with E-state index in [1.54, 1.807) is 33.3 Å². The first-order valence-corrected chi connectivity index (χ1v) is 10.1. The monoisotopic (exact) mass is 463 g/mol. The molecular formula is C22H26BrNO5. The van der Waals surface area contributed by atoms with Gasteiger partial charge in [-0.25, -0.2) is 0 Å². The van der Waals surface area contributed by atoms with Gasteiger partial charge in [-0.05, 0) is 53.8 Å². The molecule has 0 spiro atoms. The maximum Gasteiger partial charge on any atom is 0.230 e. The lowest BCUT2D eigenvalue weighted by Crippen LogP contribution is -2.31. The Morgan fingerprint density at radius 1 is 0.931 bits per heavy atom. The topological polar surface area (TPSA) is 57.2 Å². The molecule has 2 aromatic carbocycles. The summed E-state index contributed by atoms with van der Waals surface area (Å²) in [7, 11) is 8.28. The van der Waals surface area contributed by atoms with Gasteiger partial charge in [0, 0.05) is 18.1 Å². The highest BCUT2D eigenvalue weighted by atomic mass is 79.9. The smallest absolute Gasteiger partial charge is 0.230 e. The van der Waals surface area contributed by atoms with Gasteiger partial charge in [-0.3, -0.25) is 4.79 Å². The molecule has 0 radical (unpaired) electrons. The minimum absolute atomic E-state index is 0.0812. The molecule has 7 heteroatoms. The van der Waals surface area contributed by atoms with Crippen LogP contribution in [0.2, 0.25) is 0 Å². The number of hydrogen-bond acceptors (Lipinski definition) is 5. The standard InChI is InChI=1S/C22H26BrNO5/c1-24-7-6-13-9-18(26-2)20(28-4)11-15(13)16(22(24)25)8-14-10-19(27-3)21(29-5)12-17(14)23/h9-12,16H,6-8H2,1-5H3. The Kier molecular flexibility index (Phi) is 6.57. The maximum atomic E-state index is 13.2. The molecule has 1 atom stereocenters. The Morgan fingerprint density at radius 3 is 2.10 bits per heavy atom. The van der Waals surface area contributed by atoms with Crippen molar-refractivity contribution < 1.29 is 23.7 Å². The molecule has 1 unspecified atom stereocenters. The van der Waals surface area contributed by atoms with E-state index in [0.29, 0.717) is 36.0 Å². The second-order valence-corrected chi connectivity index (χ2v) is 7.83. The molecule has 0 fully saturated rings. The number of fused-ring (bicyclic) bond motifs is 1. The predicted octanol–water partition coefficient (Wildman–Crippen LogP) is 3.82. The van der Waals surface area contributed by atoms with Crippen molar-refractivity contribution in [3.8, 4) is 23.0 Å². The Balaban J connectivity index is 2.09. The van der Waals surface area contributed by atoms with Crippen molar-refractivity contribution in [2.45, 2.75) is 18.8 Å². The van der Waals surface area contributed by atoms with Crippen LogP contribution in [-0.2, 0) is 17.6 Å². The number of nitrogens with zero attached hydrogens (tertiary/aromatic N) is 1. The van der Waals surface area contributed by atoms with Crippen molar-refractivity contribution in [2.24, 2.45) is 0 Å². The van der Waals surface area contributed by atoms with Gasteiger partial charge in [0.25, 0.3) is 0 Å². The number of carbonyl (C=O) groups excluding carboxylic acids is 1. The van der Waals surface area contributed by atoms with Crippen molar-refractivity contribution >= 4 is 21.8 Å². The van der Waals surface area contributed by atoms with E-state index in [9.17, 15) is 4.79 Å². The molecule has 6 nitrogen and oxygen atoms in total. The molecule has 1 aliphatic rings. The number of hydrogen-bond donors (Lipinski definition) is 0. The zero-order chi connectivity index (χ0) is 21.1. The van der Waals surface area contributed by atoms with Gasteiger partial charge in [0.1, 0.15) is 0 Å². The van der Waals surface area contributed by atoms with Gasteiger partial charge >= 0.3 is 0 Å². The van der Waals surface area contributed by atoms with Gasteiger partial charge in [-0.2, -0.15) is 0 Å². The van der Waals surface area contributed by atoms with E-state index in [2.05, 4.69) is 15.9 Å². The largest absolute Gasteiger partial charge is 0.493 e. The third kappa shape index (κ3) is 4.15. The minimum Gasteiger partial charge on any atom is -0.493 e. The lowest BCUT2D eigenvalue weighted by Gasteiger charge is -2.23. The van der Waals surface area contributed by atoms with Crippen molar-refractivity contribution in [3.63, 3.8) is 0 Å². The van der Waals surface area contributed by atoms with Gasteiger partial charge in [0.05, 0.1) is 34.4 Å². The summed E-state index contributed by atoms with van der Waals surface area (Å²) < 4.78 is 22.7. The van der Waals surface area contributed by atoms with Crippen molar-refractivity contribution in [1.82, 2.24) is 4.90 Å². The van der Waals surface area contributed by atoms with E-state index >= 15 is 0 Å². The molecule has 0 saturated heterocycles. The molecule has 156 valence electrons. The lowest BCUT2D eigenvalue weighted by atomic mass is 9.87. The number of amides is 1. The molecule has 1 heterocycles. The van der Waals surface area contributed by atoms with Gasteiger partial charge < -0.3 is 23.8 Å². The quantitative estimate of drug-likeness (QED) is 0.651. The first-order chi connectivity index (χ1) is 13.9. The number of ether oxygens (including phenoxy) is 4. The average Bonchev–Trinajstić information content (AvgIpc) is 2.85. The van der Waals surface area contributed by atoms with E-state index < -0.39 is 0 Å². The number of halogens is 1. The summed E-state index contributed by atoms with van der Waals surface area (Å²) in [5, 5.41) is 0. The highest BCUT2D eigenvalue weighted by Gasteiger charge is 2.31. The van der Waals surface area contributed by atoms with Crippen LogP contribution in [0.4, 0.5) is 0 Å². The van der Waals surface area contributed by atoms with Gasteiger partial charge in [-0.15, -0.1) is 0 Å². The molecule has 3 rings (SSSR count). The second-order valence-electron chi connectivity index (χ2n) is 6.97. The zero-order valence-electron chi connectivity index (χ0n) is 17.4. The molecule has 0 bridgehead atoms. The first-order valence-electron chi connectivity index (χ1n) is 9.33. The summed E-state index contributed by atoms with van der Waals surface area (Å²) in [5.74, 6) is 2.31. The van der Waals surface area contributed by atoms with Crippen LogP contribution in [0.25, 0.3) is 0 Å². The van der Waals surface area contributed by atoms with Crippen LogP contribution in [0.15, 0.2) is 28.7 Å². The Morgan fingerprint density at radius 2 is 1.48 bits per heavy atom. The zero-order valence-corrected chi connectivity index (χ0v) is 19.0. The molecule has 1 aliphatic heterocycles. The maximum absolute atomic E-state index is 13.2. The average molecular weight is 464 g/mol. The number of benzene rings is 2. The van der Waals surface area contributed by atoms with Crippen LogP contribution in [0.1, 0.15) is 22.6 Å². The number of methoxy groups -OCH3 is 4. The Hall–Kier alpha value is -2.41. The third-order valence-electron chi connectivity index (χ3n) is 5.39. The van der Waals surface area contributed by atoms with Gasteiger partial charge in [0.2, 0.25) is 5.91 Å². The highest BCUT2D eigenvalue weighted by Crippen LogP contribution is 2.40. The summed E-state index contributed by atoms with van der Waals surface area (Å²) in [6.07, 6.45) is 1.29.